The molecule has 3 amide bonds. The number of benzene rings is 1. The number of amides is 3. The molecule has 5 nitrogen and oxygen atoms in total. The molecule has 0 saturated heterocycles. The lowest BCUT2D eigenvalue weighted by atomic mass is 9.98. The van der Waals surface area contributed by atoms with Crippen LogP contribution in [-0.4, -0.2) is 18.0 Å². The lowest BCUT2D eigenvalue weighted by Gasteiger charge is -2.22. The highest BCUT2D eigenvalue weighted by Gasteiger charge is 2.25. The number of rotatable bonds is 5. The summed E-state index contributed by atoms with van der Waals surface area (Å²) >= 11 is 0. The Morgan fingerprint density at radius 1 is 1.42 bits per heavy atom. The van der Waals surface area contributed by atoms with Gasteiger partial charge in [0.1, 0.15) is 11.9 Å². The second-order valence-corrected chi connectivity index (χ2v) is 4.37. The van der Waals surface area contributed by atoms with Crippen LogP contribution >= 0.6 is 0 Å². The minimum absolute atomic E-state index is 0.0824. The summed E-state index contributed by atoms with van der Waals surface area (Å²) in [7, 11) is 0. The fourth-order valence-electron chi connectivity index (χ4n) is 1.64. The Bertz CT molecular complexity index is 465. The number of anilines is 1. The molecule has 2 atom stereocenters. The Balaban J connectivity index is 2.79. The zero-order valence-electron chi connectivity index (χ0n) is 10.9. The van der Waals surface area contributed by atoms with E-state index in [0.29, 0.717) is 12.1 Å². The van der Waals surface area contributed by atoms with Gasteiger partial charge in [0.15, 0.2) is 0 Å². The van der Waals surface area contributed by atoms with E-state index in [1.165, 1.54) is 18.2 Å². The Kier molecular flexibility index (Phi) is 5.29. The standard InChI is InChI=1S/C13H18FN3O2/c1-3-8(2)11(17-13(15)19)12(18)16-10-6-4-5-9(14)7-10/h4-8,11H,3H2,1-2H3,(H,16,18)(H3,15,17,19)/t8-,11-/m0/s1. The average molecular weight is 267 g/mol. The van der Waals surface area contributed by atoms with Gasteiger partial charge >= 0.3 is 6.03 Å². The molecule has 4 N–H and O–H groups in total. The van der Waals surface area contributed by atoms with Gasteiger partial charge in [-0.3, -0.25) is 4.79 Å². The van der Waals surface area contributed by atoms with Crippen LogP contribution in [0.4, 0.5) is 14.9 Å². The van der Waals surface area contributed by atoms with Gasteiger partial charge < -0.3 is 16.4 Å². The minimum atomic E-state index is -0.764. The number of urea groups is 1. The molecule has 104 valence electrons. The predicted octanol–water partition coefficient (Wildman–Crippen LogP) is 1.85. The maximum atomic E-state index is 13.0. The predicted molar refractivity (Wildman–Crippen MR) is 71.0 cm³/mol. The highest BCUT2D eigenvalue weighted by molar-refractivity contribution is 5.97. The third-order valence-electron chi connectivity index (χ3n) is 2.89. The van der Waals surface area contributed by atoms with Gasteiger partial charge in [0.05, 0.1) is 0 Å². The molecule has 0 radical (unpaired) electrons. The van der Waals surface area contributed by atoms with Gasteiger partial charge in [-0.2, -0.15) is 0 Å². The lowest BCUT2D eigenvalue weighted by Crippen LogP contribution is -2.49. The first kappa shape index (κ1) is 14.9. The van der Waals surface area contributed by atoms with Crippen LogP contribution in [0, 0.1) is 11.7 Å². The average Bonchev–Trinajstić information content (AvgIpc) is 2.34. The summed E-state index contributed by atoms with van der Waals surface area (Å²) in [4.78, 5) is 23.0. The summed E-state index contributed by atoms with van der Waals surface area (Å²) in [5, 5.41) is 4.95. The van der Waals surface area contributed by atoms with Gasteiger partial charge in [0.25, 0.3) is 0 Å². The van der Waals surface area contributed by atoms with E-state index in [-0.39, 0.29) is 5.92 Å². The van der Waals surface area contributed by atoms with E-state index in [4.69, 9.17) is 5.73 Å². The molecule has 0 aliphatic carbocycles. The molecule has 0 aliphatic rings. The monoisotopic (exact) mass is 267 g/mol. The van der Waals surface area contributed by atoms with Crippen LogP contribution in [-0.2, 0) is 4.79 Å². The van der Waals surface area contributed by atoms with E-state index in [1.807, 2.05) is 13.8 Å². The Labute approximate surface area is 111 Å². The zero-order chi connectivity index (χ0) is 14.4. The fourth-order valence-corrected chi connectivity index (χ4v) is 1.64. The third-order valence-corrected chi connectivity index (χ3v) is 2.89. The molecule has 0 aromatic heterocycles. The Morgan fingerprint density at radius 3 is 2.63 bits per heavy atom. The van der Waals surface area contributed by atoms with Gasteiger partial charge in [-0.15, -0.1) is 0 Å². The van der Waals surface area contributed by atoms with Crippen LogP contribution in [0.15, 0.2) is 24.3 Å². The first-order valence-electron chi connectivity index (χ1n) is 6.06. The van der Waals surface area contributed by atoms with Gasteiger partial charge in [0.2, 0.25) is 5.91 Å². The number of carbonyl (C=O) groups excluding carboxylic acids is 2. The number of nitrogens with two attached hydrogens (primary N) is 1. The van der Waals surface area contributed by atoms with Crippen LogP contribution in [0.3, 0.4) is 0 Å². The normalized spacial score (nSPS) is 13.4. The first-order valence-corrected chi connectivity index (χ1v) is 6.06. The van der Waals surface area contributed by atoms with Crippen LogP contribution in [0.25, 0.3) is 0 Å². The molecule has 19 heavy (non-hydrogen) atoms. The summed E-state index contributed by atoms with van der Waals surface area (Å²) < 4.78 is 13.0. The molecule has 1 aromatic carbocycles. The van der Waals surface area contributed by atoms with Gasteiger partial charge in [-0.25, -0.2) is 9.18 Å². The summed E-state index contributed by atoms with van der Waals surface area (Å²) in [6.07, 6.45) is 0.696. The van der Waals surface area contributed by atoms with Crippen molar-refractivity contribution >= 4 is 17.6 Å². The second kappa shape index (κ2) is 6.72. The van der Waals surface area contributed by atoms with Crippen LogP contribution in [0.2, 0.25) is 0 Å². The number of primary amides is 1. The van der Waals surface area contributed by atoms with E-state index in [0.717, 1.165) is 0 Å². The molecule has 0 fully saturated rings. The highest BCUT2D eigenvalue weighted by Crippen LogP contribution is 2.13. The molecule has 0 saturated carbocycles. The third kappa shape index (κ3) is 4.57. The maximum Gasteiger partial charge on any atom is 0.312 e. The van der Waals surface area contributed by atoms with Crippen molar-refractivity contribution < 1.29 is 14.0 Å². The fraction of sp³-hybridized carbons (Fsp3) is 0.385. The van der Waals surface area contributed by atoms with E-state index in [1.54, 1.807) is 6.07 Å². The minimum Gasteiger partial charge on any atom is -0.352 e. The molecule has 0 unspecified atom stereocenters. The molecule has 0 bridgehead atoms. The van der Waals surface area contributed by atoms with Crippen molar-refractivity contribution in [3.05, 3.63) is 30.1 Å². The first-order chi connectivity index (χ1) is 8.93. The molecule has 0 heterocycles. The zero-order valence-corrected chi connectivity index (χ0v) is 10.9. The lowest BCUT2D eigenvalue weighted by molar-refractivity contribution is -0.119. The second-order valence-electron chi connectivity index (χ2n) is 4.37. The maximum absolute atomic E-state index is 13.0. The molecule has 0 aliphatic heterocycles. The molecule has 1 aromatic rings. The van der Waals surface area contributed by atoms with Gasteiger partial charge in [-0.05, 0) is 24.1 Å². The molecule has 1 rings (SSSR count). The number of hydrogen-bond acceptors (Lipinski definition) is 2. The molecule has 0 spiro atoms. The quantitative estimate of drug-likeness (QED) is 0.760. The Hall–Kier alpha value is -2.11. The van der Waals surface area contributed by atoms with E-state index in [9.17, 15) is 14.0 Å². The smallest absolute Gasteiger partial charge is 0.312 e. The number of carbonyl (C=O) groups is 2. The summed E-state index contributed by atoms with van der Waals surface area (Å²) in [5.74, 6) is -0.944. The SMILES string of the molecule is CC[C@H](C)[C@H](NC(N)=O)C(=O)Nc1cccc(F)c1. The van der Waals surface area contributed by atoms with Crippen molar-refractivity contribution in [3.63, 3.8) is 0 Å². The molecular formula is C13H18FN3O2. The van der Waals surface area contributed by atoms with Crippen molar-refractivity contribution in [2.75, 3.05) is 5.32 Å². The van der Waals surface area contributed by atoms with Crippen molar-refractivity contribution in [2.24, 2.45) is 11.7 Å². The van der Waals surface area contributed by atoms with Crippen LogP contribution < -0.4 is 16.4 Å². The van der Waals surface area contributed by atoms with E-state index >= 15 is 0 Å². The van der Waals surface area contributed by atoms with Crippen LogP contribution in [0.1, 0.15) is 20.3 Å². The van der Waals surface area contributed by atoms with Gasteiger partial charge in [0, 0.05) is 5.69 Å². The van der Waals surface area contributed by atoms with E-state index in [2.05, 4.69) is 10.6 Å². The Morgan fingerprint density at radius 2 is 2.11 bits per heavy atom. The topological polar surface area (TPSA) is 84.2 Å². The summed E-state index contributed by atoms with van der Waals surface area (Å²) in [5.41, 5.74) is 5.39. The molecule has 6 heteroatoms. The summed E-state index contributed by atoms with van der Waals surface area (Å²) in [6.45, 7) is 3.72. The number of nitrogens with one attached hydrogen (secondary N) is 2. The highest BCUT2D eigenvalue weighted by atomic mass is 19.1. The number of hydrogen-bond donors (Lipinski definition) is 3. The van der Waals surface area contributed by atoms with Crippen molar-refractivity contribution in [1.82, 2.24) is 5.32 Å². The van der Waals surface area contributed by atoms with E-state index < -0.39 is 23.8 Å². The summed E-state index contributed by atoms with van der Waals surface area (Å²) in [6, 6.07) is 4.04. The molecular weight excluding hydrogens is 249 g/mol. The van der Waals surface area contributed by atoms with Crippen molar-refractivity contribution in [3.8, 4) is 0 Å². The van der Waals surface area contributed by atoms with Gasteiger partial charge in [-0.1, -0.05) is 26.3 Å². The number of halogens is 1. The van der Waals surface area contributed by atoms with Crippen LogP contribution in [0.5, 0.6) is 0 Å². The van der Waals surface area contributed by atoms with Crippen molar-refractivity contribution in [2.45, 2.75) is 26.3 Å². The largest absolute Gasteiger partial charge is 0.352 e. The van der Waals surface area contributed by atoms with Crippen molar-refractivity contribution in [1.29, 1.82) is 0 Å².